The number of rotatable bonds is 5. The van der Waals surface area contributed by atoms with Crippen LogP contribution in [0.5, 0.6) is 0 Å². The smallest absolute Gasteiger partial charge is 0.303 e. The van der Waals surface area contributed by atoms with Crippen molar-refractivity contribution in [3.63, 3.8) is 0 Å². The molecule has 18 heavy (non-hydrogen) atoms. The van der Waals surface area contributed by atoms with Crippen molar-refractivity contribution in [1.29, 1.82) is 0 Å². The summed E-state index contributed by atoms with van der Waals surface area (Å²) >= 11 is 0. The van der Waals surface area contributed by atoms with Crippen molar-refractivity contribution in [3.8, 4) is 0 Å². The summed E-state index contributed by atoms with van der Waals surface area (Å²) in [5.74, 6) is -0.244. The number of carboxylic acids is 1. The second-order valence-corrected chi connectivity index (χ2v) is 6.37. The molecular formula is C15H26O3. The maximum atomic E-state index is 10.6. The fourth-order valence-corrected chi connectivity index (χ4v) is 3.05. The molecular weight excluding hydrogens is 228 g/mol. The largest absolute Gasteiger partial charge is 0.481 e. The van der Waals surface area contributed by atoms with Gasteiger partial charge in [-0.1, -0.05) is 32.9 Å². The van der Waals surface area contributed by atoms with Crippen LogP contribution in [0.4, 0.5) is 0 Å². The molecule has 3 heteroatoms. The van der Waals surface area contributed by atoms with Gasteiger partial charge >= 0.3 is 5.97 Å². The number of aliphatic carboxylic acids is 1. The van der Waals surface area contributed by atoms with E-state index < -0.39 is 5.97 Å². The molecule has 0 amide bonds. The molecule has 1 saturated carbocycles. The summed E-state index contributed by atoms with van der Waals surface area (Å²) in [5.41, 5.74) is 1.07. The highest BCUT2D eigenvalue weighted by Crippen LogP contribution is 2.45. The van der Waals surface area contributed by atoms with Crippen molar-refractivity contribution in [2.75, 3.05) is 0 Å². The van der Waals surface area contributed by atoms with E-state index in [-0.39, 0.29) is 23.9 Å². The predicted octanol–water partition coefficient (Wildman–Crippen LogP) is 3.23. The van der Waals surface area contributed by atoms with Crippen LogP contribution < -0.4 is 0 Å². The Labute approximate surface area is 110 Å². The molecule has 1 aliphatic carbocycles. The Kier molecular flexibility index (Phi) is 4.97. The van der Waals surface area contributed by atoms with Crippen LogP contribution in [0.3, 0.4) is 0 Å². The van der Waals surface area contributed by atoms with Crippen LogP contribution in [0, 0.1) is 17.3 Å². The summed E-state index contributed by atoms with van der Waals surface area (Å²) in [6.45, 7) is 10.3. The highest BCUT2D eigenvalue weighted by Gasteiger charge is 2.40. The monoisotopic (exact) mass is 254 g/mol. The van der Waals surface area contributed by atoms with Gasteiger partial charge < -0.3 is 10.2 Å². The van der Waals surface area contributed by atoms with Gasteiger partial charge in [-0.25, -0.2) is 0 Å². The van der Waals surface area contributed by atoms with E-state index >= 15 is 0 Å². The Balaban J connectivity index is 2.58. The lowest BCUT2D eigenvalue weighted by Crippen LogP contribution is -2.41. The molecule has 0 bridgehead atoms. The van der Waals surface area contributed by atoms with Crippen molar-refractivity contribution in [3.05, 3.63) is 12.2 Å². The normalized spacial score (nSPS) is 29.0. The third kappa shape index (κ3) is 3.58. The van der Waals surface area contributed by atoms with Gasteiger partial charge in [0.2, 0.25) is 0 Å². The number of carbonyl (C=O) groups is 1. The minimum Gasteiger partial charge on any atom is -0.481 e. The molecule has 0 aromatic carbocycles. The molecule has 0 heterocycles. The van der Waals surface area contributed by atoms with Crippen molar-refractivity contribution >= 4 is 5.97 Å². The third-order valence-electron chi connectivity index (χ3n) is 4.46. The second kappa shape index (κ2) is 5.87. The van der Waals surface area contributed by atoms with E-state index in [9.17, 15) is 9.90 Å². The standard InChI is InChI=1S/C15H26O3/c1-10(9-14(17)18)5-7-12-11(2)6-8-13(16)15(12,3)4/h10,12-13,16H,2,5-9H2,1,3-4H3,(H,17,18)/t10-,12-,13+/m1/s1. The van der Waals surface area contributed by atoms with Crippen LogP contribution in [-0.4, -0.2) is 22.3 Å². The molecule has 1 fully saturated rings. The maximum Gasteiger partial charge on any atom is 0.303 e. The first-order chi connectivity index (χ1) is 8.25. The first-order valence-corrected chi connectivity index (χ1v) is 6.82. The van der Waals surface area contributed by atoms with E-state index in [1.165, 1.54) is 5.57 Å². The molecule has 1 aliphatic rings. The van der Waals surface area contributed by atoms with E-state index in [1.807, 2.05) is 6.92 Å². The first kappa shape index (κ1) is 15.2. The topological polar surface area (TPSA) is 57.5 Å². The van der Waals surface area contributed by atoms with Crippen molar-refractivity contribution in [2.24, 2.45) is 17.3 Å². The fourth-order valence-electron chi connectivity index (χ4n) is 3.05. The van der Waals surface area contributed by atoms with Crippen LogP contribution >= 0.6 is 0 Å². The molecule has 0 unspecified atom stereocenters. The highest BCUT2D eigenvalue weighted by atomic mass is 16.4. The Morgan fingerprint density at radius 3 is 2.72 bits per heavy atom. The van der Waals surface area contributed by atoms with Crippen molar-refractivity contribution in [1.82, 2.24) is 0 Å². The highest BCUT2D eigenvalue weighted by molar-refractivity contribution is 5.66. The van der Waals surface area contributed by atoms with Crippen molar-refractivity contribution in [2.45, 2.75) is 59.0 Å². The lowest BCUT2D eigenvalue weighted by Gasteiger charge is -2.44. The van der Waals surface area contributed by atoms with E-state index in [0.29, 0.717) is 5.92 Å². The Bertz CT molecular complexity index is 320. The van der Waals surface area contributed by atoms with Crippen LogP contribution in [0.2, 0.25) is 0 Å². The van der Waals surface area contributed by atoms with Gasteiger partial charge in [-0.05, 0) is 42.9 Å². The van der Waals surface area contributed by atoms with Gasteiger partial charge in [-0.15, -0.1) is 0 Å². The zero-order valence-electron chi connectivity index (χ0n) is 11.8. The van der Waals surface area contributed by atoms with E-state index in [4.69, 9.17) is 5.11 Å². The minimum absolute atomic E-state index is 0.141. The summed E-state index contributed by atoms with van der Waals surface area (Å²) < 4.78 is 0. The molecule has 104 valence electrons. The maximum absolute atomic E-state index is 10.6. The molecule has 0 radical (unpaired) electrons. The zero-order valence-corrected chi connectivity index (χ0v) is 11.8. The van der Waals surface area contributed by atoms with Crippen molar-refractivity contribution < 1.29 is 15.0 Å². The number of hydrogen-bond acceptors (Lipinski definition) is 2. The van der Waals surface area contributed by atoms with Crippen LogP contribution in [0.1, 0.15) is 52.9 Å². The van der Waals surface area contributed by atoms with Gasteiger partial charge in [0.1, 0.15) is 0 Å². The van der Waals surface area contributed by atoms with Gasteiger partial charge in [0.25, 0.3) is 0 Å². The Morgan fingerprint density at radius 2 is 2.17 bits per heavy atom. The number of aliphatic hydroxyl groups is 1. The Morgan fingerprint density at radius 1 is 1.56 bits per heavy atom. The summed E-state index contributed by atoms with van der Waals surface area (Å²) in [6, 6.07) is 0. The third-order valence-corrected chi connectivity index (χ3v) is 4.46. The summed E-state index contributed by atoms with van der Waals surface area (Å²) in [5, 5.41) is 18.9. The quantitative estimate of drug-likeness (QED) is 0.741. The molecule has 0 aliphatic heterocycles. The lowest BCUT2D eigenvalue weighted by atomic mass is 9.63. The number of allylic oxidation sites excluding steroid dienone is 1. The van der Waals surface area contributed by atoms with Gasteiger partial charge in [-0.2, -0.15) is 0 Å². The molecule has 0 saturated heterocycles. The summed E-state index contributed by atoms with van der Waals surface area (Å²) in [4.78, 5) is 10.6. The van der Waals surface area contributed by atoms with E-state index in [0.717, 1.165) is 25.7 Å². The molecule has 1 rings (SSSR count). The van der Waals surface area contributed by atoms with E-state index in [1.54, 1.807) is 0 Å². The SMILES string of the molecule is C=C1CC[C@H](O)C(C)(C)[C@@H]1CC[C@@H](C)CC(=O)O. The number of carboxylic acid groups (broad SMARTS) is 1. The van der Waals surface area contributed by atoms with E-state index in [2.05, 4.69) is 20.4 Å². The van der Waals surface area contributed by atoms with Crippen LogP contribution in [0.25, 0.3) is 0 Å². The summed E-state index contributed by atoms with van der Waals surface area (Å²) in [7, 11) is 0. The zero-order chi connectivity index (χ0) is 13.9. The molecule has 3 atom stereocenters. The second-order valence-electron chi connectivity index (χ2n) is 6.37. The average Bonchev–Trinajstić information content (AvgIpc) is 2.22. The van der Waals surface area contributed by atoms with Crippen LogP contribution in [0.15, 0.2) is 12.2 Å². The van der Waals surface area contributed by atoms with Crippen LogP contribution in [-0.2, 0) is 4.79 Å². The Hall–Kier alpha value is -0.830. The fraction of sp³-hybridized carbons (Fsp3) is 0.800. The molecule has 0 aromatic rings. The van der Waals surface area contributed by atoms with Gasteiger partial charge in [0, 0.05) is 6.42 Å². The minimum atomic E-state index is -0.732. The molecule has 3 nitrogen and oxygen atoms in total. The summed E-state index contributed by atoms with van der Waals surface area (Å²) in [6.07, 6.45) is 3.45. The number of hydrogen-bond donors (Lipinski definition) is 2. The molecule has 0 spiro atoms. The lowest BCUT2D eigenvalue weighted by molar-refractivity contribution is -0.138. The van der Waals surface area contributed by atoms with Gasteiger partial charge in [0.15, 0.2) is 0 Å². The molecule has 0 aromatic heterocycles. The molecule has 2 N–H and O–H groups in total. The first-order valence-electron chi connectivity index (χ1n) is 6.82. The predicted molar refractivity (Wildman–Crippen MR) is 72.3 cm³/mol. The van der Waals surface area contributed by atoms with Gasteiger partial charge in [-0.3, -0.25) is 4.79 Å². The number of aliphatic hydroxyl groups excluding tert-OH is 1. The average molecular weight is 254 g/mol. The van der Waals surface area contributed by atoms with Gasteiger partial charge in [0.05, 0.1) is 6.10 Å².